The predicted molar refractivity (Wildman–Crippen MR) is 82.2 cm³/mol. The molecular weight excluding hydrogens is 362 g/mol. The monoisotopic (exact) mass is 369 g/mol. The highest BCUT2D eigenvalue weighted by molar-refractivity contribution is 9.10. The average Bonchev–Trinajstić information content (AvgIpc) is 2.43. The molecule has 3 N–H and O–H groups in total. The molecule has 2 rings (SSSR count). The Morgan fingerprint density at radius 2 is 1.81 bits per heavy atom. The molecule has 2 aromatic carbocycles. The third-order valence-electron chi connectivity index (χ3n) is 2.66. The van der Waals surface area contributed by atoms with Crippen LogP contribution < -0.4 is 5.32 Å². The number of aromatic carboxylic acids is 1. The van der Waals surface area contributed by atoms with E-state index < -0.39 is 11.9 Å². The molecule has 1 amide bonds. The number of aromatic hydroxyl groups is 1. The van der Waals surface area contributed by atoms with Crippen LogP contribution in [-0.2, 0) is 0 Å². The Kier molecular flexibility index (Phi) is 4.50. The summed E-state index contributed by atoms with van der Waals surface area (Å²) < 4.78 is 0.611. The van der Waals surface area contributed by atoms with Gasteiger partial charge in [-0.05, 0) is 36.4 Å². The van der Waals surface area contributed by atoms with Gasteiger partial charge in [-0.15, -0.1) is 0 Å². The summed E-state index contributed by atoms with van der Waals surface area (Å²) >= 11 is 8.93. The van der Waals surface area contributed by atoms with Crippen LogP contribution in [0, 0.1) is 0 Å². The van der Waals surface area contributed by atoms with Gasteiger partial charge < -0.3 is 15.5 Å². The lowest BCUT2D eigenvalue weighted by atomic mass is 10.1. The highest BCUT2D eigenvalue weighted by Crippen LogP contribution is 2.25. The van der Waals surface area contributed by atoms with E-state index in [1.807, 2.05) is 0 Å². The summed E-state index contributed by atoms with van der Waals surface area (Å²) in [6.45, 7) is 0. The van der Waals surface area contributed by atoms with E-state index in [0.29, 0.717) is 4.47 Å². The molecule has 0 radical (unpaired) electrons. The van der Waals surface area contributed by atoms with Gasteiger partial charge >= 0.3 is 5.97 Å². The van der Waals surface area contributed by atoms with Crippen molar-refractivity contribution in [3.8, 4) is 5.75 Å². The zero-order valence-corrected chi connectivity index (χ0v) is 12.8. The van der Waals surface area contributed by atoms with Gasteiger partial charge in [0.25, 0.3) is 5.91 Å². The SMILES string of the molecule is O=C(Nc1ccc(Cl)cc1C(=O)O)c1cc(Br)ccc1O. The molecular formula is C14H9BrClNO4. The summed E-state index contributed by atoms with van der Waals surface area (Å²) in [5.74, 6) is -2.05. The van der Waals surface area contributed by atoms with Crippen molar-refractivity contribution in [2.45, 2.75) is 0 Å². The number of amides is 1. The van der Waals surface area contributed by atoms with Crippen molar-refractivity contribution in [2.75, 3.05) is 5.32 Å². The Balaban J connectivity index is 2.36. The van der Waals surface area contributed by atoms with Gasteiger partial charge in [0.15, 0.2) is 0 Å². The van der Waals surface area contributed by atoms with Crippen LogP contribution in [0.1, 0.15) is 20.7 Å². The second-order valence-electron chi connectivity index (χ2n) is 4.11. The number of nitrogens with one attached hydrogen (secondary N) is 1. The first kappa shape index (κ1) is 15.3. The summed E-state index contributed by atoms with van der Waals surface area (Å²) in [7, 11) is 0. The predicted octanol–water partition coefficient (Wildman–Crippen LogP) is 3.76. The topological polar surface area (TPSA) is 86.6 Å². The van der Waals surface area contributed by atoms with Crippen molar-refractivity contribution in [2.24, 2.45) is 0 Å². The molecule has 0 spiro atoms. The fourth-order valence-electron chi connectivity index (χ4n) is 1.68. The summed E-state index contributed by atoms with van der Waals surface area (Å²) in [6, 6.07) is 8.46. The van der Waals surface area contributed by atoms with Crippen molar-refractivity contribution in [1.82, 2.24) is 0 Å². The summed E-state index contributed by atoms with van der Waals surface area (Å²) in [6.07, 6.45) is 0. The Labute approximate surface area is 133 Å². The van der Waals surface area contributed by atoms with Gasteiger partial charge in [0.2, 0.25) is 0 Å². The van der Waals surface area contributed by atoms with E-state index in [9.17, 15) is 14.7 Å². The number of phenolic OH excluding ortho intramolecular Hbond substituents is 1. The minimum absolute atomic E-state index is 0.0238. The molecule has 0 unspecified atom stereocenters. The smallest absolute Gasteiger partial charge is 0.337 e. The minimum Gasteiger partial charge on any atom is -0.507 e. The van der Waals surface area contributed by atoms with Crippen LogP contribution in [0.5, 0.6) is 5.75 Å². The fourth-order valence-corrected chi connectivity index (χ4v) is 2.22. The first-order valence-electron chi connectivity index (χ1n) is 5.71. The van der Waals surface area contributed by atoms with E-state index in [2.05, 4.69) is 21.2 Å². The number of hydrogen-bond donors (Lipinski definition) is 3. The molecule has 0 aliphatic heterocycles. The second kappa shape index (κ2) is 6.15. The Hall–Kier alpha value is -2.05. The number of phenols is 1. The van der Waals surface area contributed by atoms with Crippen LogP contribution in [0.2, 0.25) is 5.02 Å². The molecule has 0 fully saturated rings. The Morgan fingerprint density at radius 3 is 2.48 bits per heavy atom. The maximum absolute atomic E-state index is 12.1. The number of benzene rings is 2. The van der Waals surface area contributed by atoms with Crippen LogP contribution >= 0.6 is 27.5 Å². The number of halogens is 2. The zero-order valence-electron chi connectivity index (χ0n) is 10.4. The van der Waals surface area contributed by atoms with Crippen LogP contribution in [0.4, 0.5) is 5.69 Å². The van der Waals surface area contributed by atoms with Crippen molar-refractivity contribution in [1.29, 1.82) is 0 Å². The quantitative estimate of drug-likeness (QED) is 0.768. The maximum atomic E-state index is 12.1. The lowest BCUT2D eigenvalue weighted by molar-refractivity contribution is 0.0698. The molecule has 0 aromatic heterocycles. The molecule has 0 heterocycles. The van der Waals surface area contributed by atoms with E-state index in [-0.39, 0.29) is 27.6 Å². The van der Waals surface area contributed by atoms with Crippen LogP contribution in [0.3, 0.4) is 0 Å². The van der Waals surface area contributed by atoms with E-state index in [4.69, 9.17) is 16.7 Å². The van der Waals surface area contributed by atoms with Crippen LogP contribution in [-0.4, -0.2) is 22.1 Å². The van der Waals surface area contributed by atoms with Crippen LogP contribution in [0.15, 0.2) is 40.9 Å². The van der Waals surface area contributed by atoms with Crippen LogP contribution in [0.25, 0.3) is 0 Å². The molecule has 0 saturated heterocycles. The lowest BCUT2D eigenvalue weighted by Gasteiger charge is -2.10. The van der Waals surface area contributed by atoms with Crippen molar-refractivity contribution in [3.05, 3.63) is 57.0 Å². The molecule has 0 aliphatic carbocycles. The van der Waals surface area contributed by atoms with Gasteiger partial charge in [0.1, 0.15) is 5.75 Å². The first-order valence-corrected chi connectivity index (χ1v) is 6.88. The Bertz CT molecular complexity index is 733. The van der Waals surface area contributed by atoms with E-state index in [1.165, 1.54) is 30.3 Å². The summed E-state index contributed by atoms with van der Waals surface area (Å²) in [5.41, 5.74) is -0.0164. The molecule has 5 nitrogen and oxygen atoms in total. The third kappa shape index (κ3) is 3.53. The zero-order chi connectivity index (χ0) is 15.6. The largest absolute Gasteiger partial charge is 0.507 e. The van der Waals surface area contributed by atoms with E-state index in [0.717, 1.165) is 0 Å². The van der Waals surface area contributed by atoms with Gasteiger partial charge in [-0.25, -0.2) is 4.79 Å². The van der Waals surface area contributed by atoms with Gasteiger partial charge in [0.05, 0.1) is 16.8 Å². The molecule has 0 saturated carbocycles. The fraction of sp³-hybridized carbons (Fsp3) is 0. The molecule has 0 bridgehead atoms. The molecule has 0 atom stereocenters. The lowest BCUT2D eigenvalue weighted by Crippen LogP contribution is -2.15. The van der Waals surface area contributed by atoms with E-state index in [1.54, 1.807) is 6.07 Å². The summed E-state index contributed by atoms with van der Waals surface area (Å²) in [5, 5.41) is 21.5. The number of carboxylic acid groups (broad SMARTS) is 1. The maximum Gasteiger partial charge on any atom is 0.337 e. The van der Waals surface area contributed by atoms with Gasteiger partial charge in [0, 0.05) is 9.50 Å². The minimum atomic E-state index is -1.22. The molecule has 2 aromatic rings. The van der Waals surface area contributed by atoms with E-state index >= 15 is 0 Å². The van der Waals surface area contributed by atoms with Gasteiger partial charge in [-0.1, -0.05) is 27.5 Å². The highest BCUT2D eigenvalue weighted by atomic mass is 79.9. The standard InChI is InChI=1S/C14H9BrClNO4/c15-7-1-4-12(18)10(5-7)13(19)17-11-3-2-8(16)6-9(11)14(20)21/h1-6,18H,(H,17,19)(H,20,21). The molecule has 21 heavy (non-hydrogen) atoms. The third-order valence-corrected chi connectivity index (χ3v) is 3.39. The number of carbonyl (C=O) groups excluding carboxylic acids is 1. The average molecular weight is 371 g/mol. The number of carbonyl (C=O) groups is 2. The Morgan fingerprint density at radius 1 is 1.10 bits per heavy atom. The number of anilines is 1. The molecule has 108 valence electrons. The van der Waals surface area contributed by atoms with Gasteiger partial charge in [-0.3, -0.25) is 4.79 Å². The number of rotatable bonds is 3. The first-order chi connectivity index (χ1) is 9.88. The summed E-state index contributed by atoms with van der Waals surface area (Å²) in [4.78, 5) is 23.3. The van der Waals surface area contributed by atoms with Crippen molar-refractivity contribution in [3.63, 3.8) is 0 Å². The van der Waals surface area contributed by atoms with Crippen molar-refractivity contribution < 1.29 is 19.8 Å². The highest BCUT2D eigenvalue weighted by Gasteiger charge is 2.16. The number of carboxylic acids is 1. The number of hydrogen-bond acceptors (Lipinski definition) is 3. The molecule has 7 heteroatoms. The second-order valence-corrected chi connectivity index (χ2v) is 5.46. The molecule has 0 aliphatic rings. The van der Waals surface area contributed by atoms with Crippen molar-refractivity contribution >= 4 is 45.1 Å². The normalized spacial score (nSPS) is 10.2. The van der Waals surface area contributed by atoms with Gasteiger partial charge in [-0.2, -0.15) is 0 Å².